The summed E-state index contributed by atoms with van der Waals surface area (Å²) in [6.07, 6.45) is 0.738. The van der Waals surface area contributed by atoms with Crippen molar-refractivity contribution < 1.29 is 4.79 Å². The Balaban J connectivity index is 1.37. The van der Waals surface area contributed by atoms with Crippen LogP contribution in [-0.2, 0) is 6.42 Å². The lowest BCUT2D eigenvalue weighted by Gasteiger charge is -2.34. The number of hydrogen-bond donors (Lipinski definition) is 0. The second-order valence-corrected chi connectivity index (χ2v) is 7.55. The van der Waals surface area contributed by atoms with E-state index in [1.807, 2.05) is 35.2 Å². The quantitative estimate of drug-likeness (QED) is 0.671. The van der Waals surface area contributed by atoms with Gasteiger partial charge in [-0.3, -0.25) is 4.79 Å². The van der Waals surface area contributed by atoms with Gasteiger partial charge in [-0.15, -0.1) is 0 Å². The van der Waals surface area contributed by atoms with Gasteiger partial charge in [0.25, 0.3) is 5.91 Å². The van der Waals surface area contributed by atoms with Crippen LogP contribution in [0.2, 0.25) is 5.02 Å². The minimum atomic E-state index is -0.0118. The van der Waals surface area contributed by atoms with E-state index in [2.05, 4.69) is 26.4 Å². The molecular weight excluding hydrogens is 380 g/mol. The molecule has 0 unspecified atom stereocenters. The fourth-order valence-electron chi connectivity index (χ4n) is 3.13. The number of hydrogen-bond acceptors (Lipinski definition) is 5. The van der Waals surface area contributed by atoms with Gasteiger partial charge in [-0.2, -0.15) is 4.37 Å². The lowest BCUT2D eigenvalue weighted by atomic mass is 10.1. The van der Waals surface area contributed by atoms with Crippen LogP contribution in [-0.4, -0.2) is 46.3 Å². The van der Waals surface area contributed by atoms with E-state index in [9.17, 15) is 4.79 Å². The molecule has 0 spiro atoms. The molecule has 1 aromatic heterocycles. The minimum absolute atomic E-state index is 0.0118. The van der Waals surface area contributed by atoms with Crippen LogP contribution in [0.4, 0.5) is 5.13 Å². The fourth-order valence-corrected chi connectivity index (χ4v) is 4.08. The zero-order valence-electron chi connectivity index (χ0n) is 14.7. The molecule has 138 valence electrons. The summed E-state index contributed by atoms with van der Waals surface area (Å²) in [5.74, 6) is 0.832. The van der Waals surface area contributed by atoms with Gasteiger partial charge >= 0.3 is 0 Å². The highest BCUT2D eigenvalue weighted by molar-refractivity contribution is 7.09. The minimum Gasteiger partial charge on any atom is -0.343 e. The van der Waals surface area contributed by atoms with Gasteiger partial charge in [0, 0.05) is 44.1 Å². The largest absolute Gasteiger partial charge is 0.343 e. The number of benzene rings is 2. The molecule has 1 aliphatic heterocycles. The van der Waals surface area contributed by atoms with Crippen molar-refractivity contribution in [2.75, 3.05) is 31.1 Å². The molecule has 27 heavy (non-hydrogen) atoms. The number of anilines is 1. The molecule has 0 radical (unpaired) electrons. The van der Waals surface area contributed by atoms with Gasteiger partial charge < -0.3 is 9.80 Å². The molecule has 5 nitrogen and oxygen atoms in total. The van der Waals surface area contributed by atoms with Crippen molar-refractivity contribution in [1.29, 1.82) is 0 Å². The molecular formula is C20H19ClN4OS. The smallest absolute Gasteiger partial charge is 0.255 e. The van der Waals surface area contributed by atoms with Crippen LogP contribution in [0.5, 0.6) is 0 Å². The van der Waals surface area contributed by atoms with E-state index in [1.165, 1.54) is 17.1 Å². The van der Waals surface area contributed by atoms with Crippen molar-refractivity contribution in [2.45, 2.75) is 6.42 Å². The molecule has 0 aliphatic carbocycles. The van der Waals surface area contributed by atoms with E-state index in [1.54, 1.807) is 12.1 Å². The topological polar surface area (TPSA) is 49.3 Å². The van der Waals surface area contributed by atoms with Gasteiger partial charge in [0.2, 0.25) is 5.13 Å². The predicted molar refractivity (Wildman–Crippen MR) is 109 cm³/mol. The molecule has 2 heterocycles. The molecule has 0 atom stereocenters. The predicted octanol–water partition coefficient (Wildman–Crippen LogP) is 3.74. The molecule has 7 heteroatoms. The highest BCUT2D eigenvalue weighted by Crippen LogP contribution is 2.22. The van der Waals surface area contributed by atoms with Crippen LogP contribution in [0.15, 0.2) is 54.6 Å². The number of amides is 1. The average Bonchev–Trinajstić information content (AvgIpc) is 3.17. The molecule has 4 rings (SSSR count). The molecule has 1 fully saturated rings. The van der Waals surface area contributed by atoms with E-state index < -0.39 is 0 Å². The van der Waals surface area contributed by atoms with Gasteiger partial charge in [-0.05, 0) is 17.7 Å². The van der Waals surface area contributed by atoms with Crippen LogP contribution in [0.1, 0.15) is 21.7 Å². The number of rotatable bonds is 4. The molecule has 3 aromatic rings. The SMILES string of the molecule is O=C(c1ccccc1Cl)N1CCN(c2nc(Cc3ccccc3)ns2)CC1. The summed E-state index contributed by atoms with van der Waals surface area (Å²) in [6.45, 7) is 2.79. The van der Waals surface area contributed by atoms with Crippen molar-refractivity contribution in [2.24, 2.45) is 0 Å². The Kier molecular flexibility index (Phi) is 5.36. The van der Waals surface area contributed by atoms with Gasteiger partial charge in [-0.25, -0.2) is 4.98 Å². The van der Waals surface area contributed by atoms with Crippen LogP contribution < -0.4 is 4.90 Å². The van der Waals surface area contributed by atoms with E-state index in [0.717, 1.165) is 30.5 Å². The zero-order valence-corrected chi connectivity index (χ0v) is 16.3. The van der Waals surface area contributed by atoms with E-state index >= 15 is 0 Å². The standard InChI is InChI=1S/C20H19ClN4OS/c21-17-9-5-4-8-16(17)19(26)24-10-12-25(13-11-24)20-22-18(23-27-20)14-15-6-2-1-3-7-15/h1-9H,10-14H2. The second-order valence-electron chi connectivity index (χ2n) is 6.41. The number of carbonyl (C=O) groups is 1. The summed E-state index contributed by atoms with van der Waals surface area (Å²) >= 11 is 7.58. The molecule has 0 saturated carbocycles. The normalized spacial score (nSPS) is 14.4. The fraction of sp³-hybridized carbons (Fsp3) is 0.250. The Morgan fingerprint density at radius 3 is 2.44 bits per heavy atom. The first kappa shape index (κ1) is 17.9. The van der Waals surface area contributed by atoms with Crippen LogP contribution >= 0.6 is 23.1 Å². The van der Waals surface area contributed by atoms with Crippen molar-refractivity contribution >= 4 is 34.2 Å². The molecule has 1 amide bonds. The highest BCUT2D eigenvalue weighted by atomic mass is 35.5. The maximum Gasteiger partial charge on any atom is 0.255 e. The first-order valence-corrected chi connectivity index (χ1v) is 10.0. The lowest BCUT2D eigenvalue weighted by Crippen LogP contribution is -2.48. The average molecular weight is 399 g/mol. The Labute approximate surface area is 167 Å². The van der Waals surface area contributed by atoms with Crippen LogP contribution in [0, 0.1) is 0 Å². The number of aromatic nitrogens is 2. The van der Waals surface area contributed by atoms with Crippen molar-refractivity contribution in [3.63, 3.8) is 0 Å². The summed E-state index contributed by atoms with van der Waals surface area (Å²) in [4.78, 5) is 21.4. The maximum atomic E-state index is 12.7. The Hall–Kier alpha value is -2.44. The summed E-state index contributed by atoms with van der Waals surface area (Å²) in [5.41, 5.74) is 1.77. The van der Waals surface area contributed by atoms with Gasteiger partial charge in [0.05, 0.1) is 10.6 Å². The van der Waals surface area contributed by atoms with E-state index in [0.29, 0.717) is 23.7 Å². The molecule has 1 aliphatic rings. The Morgan fingerprint density at radius 1 is 1.00 bits per heavy atom. The zero-order chi connectivity index (χ0) is 18.6. The van der Waals surface area contributed by atoms with Crippen molar-refractivity contribution in [1.82, 2.24) is 14.3 Å². The number of nitrogens with zero attached hydrogens (tertiary/aromatic N) is 4. The monoisotopic (exact) mass is 398 g/mol. The summed E-state index contributed by atoms with van der Waals surface area (Å²) in [6, 6.07) is 17.4. The third kappa shape index (κ3) is 4.12. The second kappa shape index (κ2) is 8.06. The first-order chi connectivity index (χ1) is 13.2. The Morgan fingerprint density at radius 2 is 1.70 bits per heavy atom. The van der Waals surface area contributed by atoms with E-state index in [-0.39, 0.29) is 5.91 Å². The van der Waals surface area contributed by atoms with Gasteiger partial charge in [-0.1, -0.05) is 54.1 Å². The summed E-state index contributed by atoms with van der Waals surface area (Å²) in [5, 5.41) is 1.42. The van der Waals surface area contributed by atoms with Crippen molar-refractivity contribution in [3.8, 4) is 0 Å². The van der Waals surface area contributed by atoms with Gasteiger partial charge in [0.1, 0.15) is 5.82 Å². The first-order valence-electron chi connectivity index (χ1n) is 8.86. The highest BCUT2D eigenvalue weighted by Gasteiger charge is 2.25. The summed E-state index contributed by atoms with van der Waals surface area (Å²) < 4.78 is 4.49. The maximum absolute atomic E-state index is 12.7. The number of carbonyl (C=O) groups excluding carboxylic acids is 1. The summed E-state index contributed by atoms with van der Waals surface area (Å²) in [7, 11) is 0. The van der Waals surface area contributed by atoms with Crippen LogP contribution in [0.25, 0.3) is 0 Å². The van der Waals surface area contributed by atoms with E-state index in [4.69, 9.17) is 11.6 Å². The molecule has 0 N–H and O–H groups in total. The number of halogens is 1. The molecule has 1 saturated heterocycles. The third-order valence-electron chi connectivity index (χ3n) is 4.60. The van der Waals surface area contributed by atoms with Crippen LogP contribution in [0.3, 0.4) is 0 Å². The number of piperazine rings is 1. The van der Waals surface area contributed by atoms with Crippen molar-refractivity contribution in [3.05, 3.63) is 76.6 Å². The van der Waals surface area contributed by atoms with Gasteiger partial charge in [0.15, 0.2) is 0 Å². The third-order valence-corrected chi connectivity index (χ3v) is 5.75. The Bertz CT molecular complexity index is 922. The molecule has 2 aromatic carbocycles. The molecule has 0 bridgehead atoms. The lowest BCUT2D eigenvalue weighted by molar-refractivity contribution is 0.0747.